The second kappa shape index (κ2) is 3.73. The largest absolute Gasteiger partial charge is 0.400 e. The zero-order valence-electron chi connectivity index (χ0n) is 6.71. The zero-order valence-corrected chi connectivity index (χ0v) is 6.71. The standard InChI is InChI=1S/C6H9F6N/c1-3(13)2-4(5(7,8)9)6(10,11)12/h3-4H,2,13H2,1H3. The maximum Gasteiger partial charge on any atom is 0.400 e. The average Bonchev–Trinajstić information content (AvgIpc) is 1.77. The first-order valence-electron chi connectivity index (χ1n) is 3.44. The highest BCUT2D eigenvalue weighted by Gasteiger charge is 2.56. The van der Waals surface area contributed by atoms with Gasteiger partial charge in [-0.05, 0) is 13.3 Å². The van der Waals surface area contributed by atoms with Crippen LogP contribution in [0.5, 0.6) is 0 Å². The monoisotopic (exact) mass is 209 g/mol. The van der Waals surface area contributed by atoms with Crippen molar-refractivity contribution in [2.75, 3.05) is 0 Å². The Morgan fingerprint density at radius 1 is 1.00 bits per heavy atom. The smallest absolute Gasteiger partial charge is 0.328 e. The van der Waals surface area contributed by atoms with Crippen molar-refractivity contribution in [2.45, 2.75) is 31.7 Å². The number of hydrogen-bond acceptors (Lipinski definition) is 1. The van der Waals surface area contributed by atoms with Gasteiger partial charge in [-0.3, -0.25) is 0 Å². The molecule has 0 aliphatic carbocycles. The van der Waals surface area contributed by atoms with E-state index in [-0.39, 0.29) is 0 Å². The van der Waals surface area contributed by atoms with Gasteiger partial charge in [0.1, 0.15) is 0 Å². The molecule has 0 amide bonds. The second-order valence-electron chi connectivity index (χ2n) is 2.85. The number of hydrogen-bond donors (Lipinski definition) is 1. The van der Waals surface area contributed by atoms with Crippen LogP contribution in [0.4, 0.5) is 26.3 Å². The minimum Gasteiger partial charge on any atom is -0.328 e. The predicted molar refractivity (Wildman–Crippen MR) is 33.9 cm³/mol. The molecule has 1 nitrogen and oxygen atoms in total. The van der Waals surface area contributed by atoms with Crippen molar-refractivity contribution in [3.63, 3.8) is 0 Å². The summed E-state index contributed by atoms with van der Waals surface area (Å²) in [6.07, 6.45) is -11.7. The lowest BCUT2D eigenvalue weighted by Crippen LogP contribution is -2.40. The summed E-state index contributed by atoms with van der Waals surface area (Å²) < 4.78 is 70.8. The van der Waals surface area contributed by atoms with Crippen molar-refractivity contribution in [2.24, 2.45) is 11.7 Å². The van der Waals surface area contributed by atoms with Crippen molar-refractivity contribution in [1.82, 2.24) is 0 Å². The van der Waals surface area contributed by atoms with Gasteiger partial charge in [-0.25, -0.2) is 0 Å². The first kappa shape index (κ1) is 12.5. The summed E-state index contributed by atoms with van der Waals surface area (Å²) in [5.41, 5.74) is 4.89. The molecule has 0 aromatic heterocycles. The van der Waals surface area contributed by atoms with Crippen LogP contribution in [0.3, 0.4) is 0 Å². The minimum atomic E-state index is -5.27. The van der Waals surface area contributed by atoms with Crippen LogP contribution in [-0.4, -0.2) is 18.4 Å². The maximum absolute atomic E-state index is 11.8. The molecule has 0 aliphatic heterocycles. The van der Waals surface area contributed by atoms with Crippen LogP contribution in [0, 0.1) is 5.92 Å². The van der Waals surface area contributed by atoms with Crippen molar-refractivity contribution >= 4 is 0 Å². The van der Waals surface area contributed by atoms with Crippen molar-refractivity contribution in [1.29, 1.82) is 0 Å². The summed E-state index contributed by atoms with van der Waals surface area (Å²) in [5, 5.41) is 0. The van der Waals surface area contributed by atoms with Crippen LogP contribution in [-0.2, 0) is 0 Å². The number of halogens is 6. The first-order chi connectivity index (χ1) is 5.55. The Hall–Kier alpha value is -0.460. The lowest BCUT2D eigenvalue weighted by atomic mass is 10.0. The number of nitrogens with two attached hydrogens (primary N) is 1. The quantitative estimate of drug-likeness (QED) is 0.694. The Bertz CT molecular complexity index is 143. The highest BCUT2D eigenvalue weighted by molar-refractivity contribution is 4.78. The fraction of sp³-hybridized carbons (Fsp3) is 1.00. The van der Waals surface area contributed by atoms with Crippen LogP contribution in [0.15, 0.2) is 0 Å². The van der Waals surface area contributed by atoms with Gasteiger partial charge in [0.25, 0.3) is 0 Å². The van der Waals surface area contributed by atoms with Crippen molar-refractivity contribution in [3.8, 4) is 0 Å². The fourth-order valence-electron chi connectivity index (χ4n) is 0.825. The van der Waals surface area contributed by atoms with E-state index in [0.29, 0.717) is 0 Å². The van der Waals surface area contributed by atoms with E-state index in [1.807, 2.05) is 0 Å². The maximum atomic E-state index is 11.8. The van der Waals surface area contributed by atoms with Gasteiger partial charge in [-0.1, -0.05) is 0 Å². The van der Waals surface area contributed by atoms with E-state index in [0.717, 1.165) is 6.92 Å². The molecule has 0 saturated heterocycles. The van der Waals surface area contributed by atoms with Gasteiger partial charge in [-0.2, -0.15) is 26.3 Å². The van der Waals surface area contributed by atoms with E-state index in [1.54, 1.807) is 0 Å². The van der Waals surface area contributed by atoms with E-state index in [4.69, 9.17) is 5.73 Å². The molecule has 0 spiro atoms. The molecule has 0 aromatic carbocycles. The van der Waals surface area contributed by atoms with Crippen molar-refractivity contribution < 1.29 is 26.3 Å². The number of alkyl halides is 6. The topological polar surface area (TPSA) is 26.0 Å². The Kier molecular flexibility index (Phi) is 3.60. The van der Waals surface area contributed by atoms with Gasteiger partial charge in [0.15, 0.2) is 5.92 Å². The summed E-state index contributed by atoms with van der Waals surface area (Å²) in [5.74, 6) is -3.32. The van der Waals surface area contributed by atoms with Crippen LogP contribution in [0.1, 0.15) is 13.3 Å². The lowest BCUT2D eigenvalue weighted by Gasteiger charge is -2.24. The molecule has 0 saturated carbocycles. The van der Waals surface area contributed by atoms with Gasteiger partial charge >= 0.3 is 12.4 Å². The van der Waals surface area contributed by atoms with Crippen LogP contribution < -0.4 is 5.73 Å². The third kappa shape index (κ3) is 4.35. The van der Waals surface area contributed by atoms with Gasteiger partial charge < -0.3 is 5.73 Å². The molecule has 1 atom stereocenters. The molecule has 1 unspecified atom stereocenters. The molecule has 0 aromatic rings. The summed E-state index contributed by atoms with van der Waals surface area (Å²) in [6, 6.07) is -1.13. The summed E-state index contributed by atoms with van der Waals surface area (Å²) in [6.45, 7) is 1.10. The normalized spacial score (nSPS) is 16.4. The average molecular weight is 209 g/mol. The molecule has 0 bridgehead atoms. The van der Waals surface area contributed by atoms with Crippen LogP contribution in [0.25, 0.3) is 0 Å². The van der Waals surface area contributed by atoms with E-state index in [1.165, 1.54) is 0 Å². The third-order valence-corrected chi connectivity index (χ3v) is 1.40. The highest BCUT2D eigenvalue weighted by Crippen LogP contribution is 2.41. The second-order valence-corrected chi connectivity index (χ2v) is 2.85. The third-order valence-electron chi connectivity index (χ3n) is 1.40. The van der Waals surface area contributed by atoms with E-state index < -0.39 is 30.7 Å². The van der Waals surface area contributed by atoms with E-state index in [9.17, 15) is 26.3 Å². The summed E-state index contributed by atoms with van der Waals surface area (Å²) in [7, 11) is 0. The summed E-state index contributed by atoms with van der Waals surface area (Å²) in [4.78, 5) is 0. The summed E-state index contributed by atoms with van der Waals surface area (Å²) >= 11 is 0. The Morgan fingerprint density at radius 2 is 1.31 bits per heavy atom. The minimum absolute atomic E-state index is 1.10. The first-order valence-corrected chi connectivity index (χ1v) is 3.44. The van der Waals surface area contributed by atoms with Gasteiger partial charge in [0.05, 0.1) is 0 Å². The lowest BCUT2D eigenvalue weighted by molar-refractivity contribution is -0.286. The fourth-order valence-corrected chi connectivity index (χ4v) is 0.825. The van der Waals surface area contributed by atoms with E-state index in [2.05, 4.69) is 0 Å². The Morgan fingerprint density at radius 3 is 1.38 bits per heavy atom. The Labute approximate surface area is 70.9 Å². The van der Waals surface area contributed by atoms with Gasteiger partial charge in [-0.15, -0.1) is 0 Å². The van der Waals surface area contributed by atoms with Crippen molar-refractivity contribution in [3.05, 3.63) is 0 Å². The highest BCUT2D eigenvalue weighted by atomic mass is 19.4. The molecular formula is C6H9F6N. The molecule has 0 rings (SSSR count). The van der Waals surface area contributed by atoms with Crippen LogP contribution in [0.2, 0.25) is 0 Å². The van der Waals surface area contributed by atoms with Crippen LogP contribution >= 0.6 is 0 Å². The molecule has 0 heterocycles. The molecule has 0 fully saturated rings. The van der Waals surface area contributed by atoms with Gasteiger partial charge in [0, 0.05) is 6.04 Å². The zero-order chi connectivity index (χ0) is 10.9. The molecule has 0 radical (unpaired) electrons. The predicted octanol–water partition coefficient (Wildman–Crippen LogP) is 2.46. The molecule has 7 heteroatoms. The van der Waals surface area contributed by atoms with Gasteiger partial charge in [0.2, 0.25) is 0 Å². The SMILES string of the molecule is CC(N)CC(C(F)(F)F)C(F)(F)F. The van der Waals surface area contributed by atoms with E-state index >= 15 is 0 Å². The molecule has 13 heavy (non-hydrogen) atoms. The number of rotatable bonds is 2. The Balaban J connectivity index is 4.58. The molecule has 2 N–H and O–H groups in total. The molecule has 0 aliphatic rings. The molecular weight excluding hydrogens is 200 g/mol. The molecule has 80 valence electrons.